The molecule has 2 aromatic carbocycles. The molecule has 1 saturated heterocycles. The number of amides is 1. The van der Waals surface area contributed by atoms with E-state index in [1.807, 2.05) is 0 Å². The Morgan fingerprint density at radius 3 is 2.57 bits per heavy atom. The van der Waals surface area contributed by atoms with Crippen molar-refractivity contribution in [2.75, 3.05) is 25.5 Å². The van der Waals surface area contributed by atoms with E-state index in [0.29, 0.717) is 30.6 Å². The number of ether oxygens (including phenoxy) is 1. The van der Waals surface area contributed by atoms with Gasteiger partial charge in [-0.25, -0.2) is 21.9 Å². The summed E-state index contributed by atoms with van der Waals surface area (Å²) in [5, 5.41) is 2.72. The maximum Gasteiger partial charge on any atom is 0.339 e. The van der Waals surface area contributed by atoms with Crippen molar-refractivity contribution in [3.8, 4) is 0 Å². The van der Waals surface area contributed by atoms with Crippen LogP contribution in [0.4, 0.5) is 10.1 Å². The number of rotatable bonds is 6. The van der Waals surface area contributed by atoms with Crippen LogP contribution in [0.15, 0.2) is 48.5 Å². The van der Waals surface area contributed by atoms with Crippen LogP contribution in [-0.4, -0.2) is 44.8 Å². The standard InChI is InChI=1S/C21H23FN2O5S/c1-29-21(26)18-6-2-3-7-19(18)23-20(25)16-5-4-12-24(13-16)30(27,28)14-15-8-10-17(22)11-9-15/h2-3,6-11,16H,4-5,12-14H2,1H3,(H,23,25). The van der Waals surface area contributed by atoms with Crippen LogP contribution in [0.5, 0.6) is 0 Å². The predicted octanol–water partition coefficient (Wildman–Crippen LogP) is 2.79. The average molecular weight is 434 g/mol. The highest BCUT2D eigenvalue weighted by molar-refractivity contribution is 7.88. The lowest BCUT2D eigenvalue weighted by atomic mass is 9.98. The number of hydrogen-bond acceptors (Lipinski definition) is 5. The molecule has 1 amide bonds. The summed E-state index contributed by atoms with van der Waals surface area (Å²) in [6.45, 7) is 0.377. The lowest BCUT2D eigenvalue weighted by Crippen LogP contribution is -2.44. The number of carbonyl (C=O) groups excluding carboxylic acids is 2. The fraction of sp³-hybridized carbons (Fsp3) is 0.333. The third-order valence-electron chi connectivity index (χ3n) is 5.00. The summed E-state index contributed by atoms with van der Waals surface area (Å²) in [5.74, 6) is -2.16. The first-order valence-electron chi connectivity index (χ1n) is 9.50. The van der Waals surface area contributed by atoms with E-state index in [2.05, 4.69) is 5.32 Å². The van der Waals surface area contributed by atoms with Crippen LogP contribution >= 0.6 is 0 Å². The number of nitrogens with zero attached hydrogens (tertiary/aromatic N) is 1. The Morgan fingerprint density at radius 1 is 1.17 bits per heavy atom. The molecule has 0 aromatic heterocycles. The quantitative estimate of drug-likeness (QED) is 0.706. The molecule has 160 valence electrons. The van der Waals surface area contributed by atoms with Crippen molar-refractivity contribution in [2.24, 2.45) is 5.92 Å². The molecule has 0 radical (unpaired) electrons. The number of para-hydroxylation sites is 1. The molecular formula is C21H23FN2O5S. The van der Waals surface area contributed by atoms with Crippen LogP contribution in [-0.2, 0) is 25.3 Å². The molecule has 7 nitrogen and oxygen atoms in total. The topological polar surface area (TPSA) is 92.8 Å². The number of methoxy groups -OCH3 is 1. The molecule has 1 aliphatic rings. The second-order valence-corrected chi connectivity index (χ2v) is 9.08. The molecule has 9 heteroatoms. The lowest BCUT2D eigenvalue weighted by Gasteiger charge is -2.31. The number of esters is 1. The minimum Gasteiger partial charge on any atom is -0.465 e. The average Bonchev–Trinajstić information content (AvgIpc) is 2.75. The second-order valence-electron chi connectivity index (χ2n) is 7.11. The van der Waals surface area contributed by atoms with Crippen LogP contribution in [0.1, 0.15) is 28.8 Å². The van der Waals surface area contributed by atoms with E-state index in [9.17, 15) is 22.4 Å². The van der Waals surface area contributed by atoms with E-state index in [0.717, 1.165) is 0 Å². The van der Waals surface area contributed by atoms with Crippen molar-refractivity contribution < 1.29 is 27.1 Å². The Labute approximate surface area is 174 Å². The van der Waals surface area contributed by atoms with E-state index < -0.39 is 27.7 Å². The molecule has 0 spiro atoms. The number of nitrogens with one attached hydrogen (secondary N) is 1. The lowest BCUT2D eigenvalue weighted by molar-refractivity contribution is -0.120. The van der Waals surface area contributed by atoms with Crippen molar-refractivity contribution >= 4 is 27.6 Å². The van der Waals surface area contributed by atoms with Crippen molar-refractivity contribution in [3.05, 3.63) is 65.5 Å². The van der Waals surface area contributed by atoms with Gasteiger partial charge in [0.25, 0.3) is 0 Å². The summed E-state index contributed by atoms with van der Waals surface area (Å²) in [5.41, 5.74) is 1.03. The minimum atomic E-state index is -3.66. The summed E-state index contributed by atoms with van der Waals surface area (Å²) in [4.78, 5) is 24.7. The highest BCUT2D eigenvalue weighted by Gasteiger charge is 2.32. The Bertz CT molecular complexity index is 1020. The first-order valence-corrected chi connectivity index (χ1v) is 11.1. The fourth-order valence-corrected chi connectivity index (χ4v) is 5.02. The van der Waals surface area contributed by atoms with Crippen molar-refractivity contribution in [1.82, 2.24) is 4.31 Å². The number of sulfonamides is 1. The third-order valence-corrected chi connectivity index (χ3v) is 6.82. The summed E-state index contributed by atoms with van der Waals surface area (Å²) in [6, 6.07) is 11.8. The van der Waals surface area contributed by atoms with Gasteiger partial charge in [-0.1, -0.05) is 24.3 Å². The second kappa shape index (κ2) is 9.36. The van der Waals surface area contributed by atoms with Crippen molar-refractivity contribution in [2.45, 2.75) is 18.6 Å². The Hall–Kier alpha value is -2.78. The van der Waals surface area contributed by atoms with Gasteiger partial charge in [-0.3, -0.25) is 4.79 Å². The minimum absolute atomic E-state index is 0.0513. The van der Waals surface area contributed by atoms with Crippen LogP contribution in [0.25, 0.3) is 0 Å². The summed E-state index contributed by atoms with van der Waals surface area (Å²) < 4.78 is 44.7. The number of benzene rings is 2. The zero-order valence-corrected chi connectivity index (χ0v) is 17.3. The van der Waals surface area contributed by atoms with Gasteiger partial charge >= 0.3 is 5.97 Å². The van der Waals surface area contributed by atoms with Gasteiger partial charge < -0.3 is 10.1 Å². The van der Waals surface area contributed by atoms with Gasteiger partial charge in [0.2, 0.25) is 15.9 Å². The highest BCUT2D eigenvalue weighted by atomic mass is 32.2. The molecule has 1 atom stereocenters. The van der Waals surface area contributed by atoms with E-state index in [1.165, 1.54) is 35.7 Å². The van der Waals surface area contributed by atoms with Gasteiger partial charge in [0.05, 0.1) is 30.0 Å². The van der Waals surface area contributed by atoms with Crippen LogP contribution in [0.2, 0.25) is 0 Å². The van der Waals surface area contributed by atoms with Crippen LogP contribution in [0.3, 0.4) is 0 Å². The maximum atomic E-state index is 13.1. The molecule has 1 N–H and O–H groups in total. The molecule has 0 bridgehead atoms. The highest BCUT2D eigenvalue weighted by Crippen LogP contribution is 2.24. The Morgan fingerprint density at radius 2 is 1.87 bits per heavy atom. The monoisotopic (exact) mass is 434 g/mol. The van der Waals surface area contributed by atoms with E-state index >= 15 is 0 Å². The molecule has 1 heterocycles. The smallest absolute Gasteiger partial charge is 0.339 e. The maximum absolute atomic E-state index is 13.1. The van der Waals surface area contributed by atoms with E-state index in [1.54, 1.807) is 24.3 Å². The fourth-order valence-electron chi connectivity index (χ4n) is 3.41. The predicted molar refractivity (Wildman–Crippen MR) is 110 cm³/mol. The van der Waals surface area contributed by atoms with Gasteiger partial charge in [0, 0.05) is 13.1 Å². The third kappa shape index (κ3) is 5.22. The van der Waals surface area contributed by atoms with E-state index in [-0.39, 0.29) is 23.8 Å². The molecule has 0 aliphatic carbocycles. The molecule has 3 rings (SSSR count). The van der Waals surface area contributed by atoms with Gasteiger partial charge in [-0.05, 0) is 42.7 Å². The number of halogens is 1. The molecule has 0 saturated carbocycles. The summed E-state index contributed by atoms with van der Waals surface area (Å²) in [7, 11) is -2.40. The molecule has 1 fully saturated rings. The van der Waals surface area contributed by atoms with Gasteiger partial charge in [0.1, 0.15) is 5.82 Å². The molecule has 1 aliphatic heterocycles. The SMILES string of the molecule is COC(=O)c1ccccc1NC(=O)C1CCCN(S(=O)(=O)Cc2ccc(F)cc2)C1. The van der Waals surface area contributed by atoms with Gasteiger partial charge in [-0.2, -0.15) is 0 Å². The van der Waals surface area contributed by atoms with Gasteiger partial charge in [0.15, 0.2) is 0 Å². The Kier molecular flexibility index (Phi) is 6.84. The van der Waals surface area contributed by atoms with Crippen molar-refractivity contribution in [3.63, 3.8) is 0 Å². The molecular weight excluding hydrogens is 411 g/mol. The number of anilines is 1. The van der Waals surface area contributed by atoms with Gasteiger partial charge in [-0.15, -0.1) is 0 Å². The summed E-state index contributed by atoms with van der Waals surface area (Å²) in [6.07, 6.45) is 1.08. The number of carbonyl (C=O) groups is 2. The van der Waals surface area contributed by atoms with Crippen molar-refractivity contribution in [1.29, 1.82) is 0 Å². The largest absolute Gasteiger partial charge is 0.465 e. The first-order chi connectivity index (χ1) is 14.3. The zero-order chi connectivity index (χ0) is 21.7. The van der Waals surface area contributed by atoms with Crippen LogP contribution < -0.4 is 5.32 Å². The molecule has 30 heavy (non-hydrogen) atoms. The normalized spacial score (nSPS) is 17.3. The Balaban J connectivity index is 1.69. The molecule has 1 unspecified atom stereocenters. The van der Waals surface area contributed by atoms with E-state index in [4.69, 9.17) is 4.74 Å². The van der Waals surface area contributed by atoms with Crippen LogP contribution in [0, 0.1) is 11.7 Å². The summed E-state index contributed by atoms with van der Waals surface area (Å²) >= 11 is 0. The number of hydrogen-bond donors (Lipinski definition) is 1. The number of piperidine rings is 1. The zero-order valence-electron chi connectivity index (χ0n) is 16.5. The molecule has 2 aromatic rings. The first kappa shape index (κ1) is 21.9.